The summed E-state index contributed by atoms with van der Waals surface area (Å²) >= 11 is 5.91. The highest BCUT2D eigenvalue weighted by Crippen LogP contribution is 2.33. The van der Waals surface area contributed by atoms with Crippen molar-refractivity contribution < 1.29 is 0 Å². The van der Waals surface area contributed by atoms with Gasteiger partial charge in [-0.2, -0.15) is 0 Å². The second-order valence-electron chi connectivity index (χ2n) is 4.97. The molecule has 1 saturated heterocycles. The van der Waals surface area contributed by atoms with Gasteiger partial charge in [0.1, 0.15) is 0 Å². The number of rotatable bonds is 2. The van der Waals surface area contributed by atoms with Gasteiger partial charge in [-0.3, -0.25) is 4.98 Å². The molecule has 2 rings (SSSR count). The van der Waals surface area contributed by atoms with Crippen LogP contribution in [0.25, 0.3) is 0 Å². The summed E-state index contributed by atoms with van der Waals surface area (Å²) in [4.78, 5) is 6.53. The van der Waals surface area contributed by atoms with Crippen molar-refractivity contribution in [1.29, 1.82) is 0 Å². The molecule has 0 spiro atoms. The molecule has 15 heavy (non-hydrogen) atoms. The molecule has 1 aromatic rings. The van der Waals surface area contributed by atoms with Gasteiger partial charge in [0.15, 0.2) is 0 Å². The number of hydrogen-bond donors (Lipinski definition) is 0. The fourth-order valence-corrected chi connectivity index (χ4v) is 2.36. The molecule has 1 aromatic heterocycles. The Morgan fingerprint density at radius 3 is 2.93 bits per heavy atom. The van der Waals surface area contributed by atoms with Crippen molar-refractivity contribution >= 4 is 17.3 Å². The Morgan fingerprint density at radius 2 is 2.33 bits per heavy atom. The SMILES string of the molecule is CC1(C)CCN(c2ccncc2CCl)C1. The van der Waals surface area contributed by atoms with E-state index in [1.165, 1.54) is 12.1 Å². The lowest BCUT2D eigenvalue weighted by Crippen LogP contribution is -2.23. The van der Waals surface area contributed by atoms with Gasteiger partial charge in [0, 0.05) is 36.7 Å². The van der Waals surface area contributed by atoms with Gasteiger partial charge in [-0.1, -0.05) is 13.8 Å². The molecule has 2 nitrogen and oxygen atoms in total. The number of nitrogens with zero attached hydrogens (tertiary/aromatic N) is 2. The maximum absolute atomic E-state index is 5.91. The number of hydrogen-bond acceptors (Lipinski definition) is 2. The van der Waals surface area contributed by atoms with Gasteiger partial charge < -0.3 is 4.90 Å². The van der Waals surface area contributed by atoms with Gasteiger partial charge in [-0.25, -0.2) is 0 Å². The van der Waals surface area contributed by atoms with E-state index in [9.17, 15) is 0 Å². The molecule has 0 bridgehead atoms. The van der Waals surface area contributed by atoms with Crippen LogP contribution in [-0.2, 0) is 5.88 Å². The number of pyridine rings is 1. The Labute approximate surface area is 96.3 Å². The zero-order valence-corrected chi connectivity index (χ0v) is 10.1. The minimum Gasteiger partial charge on any atom is -0.371 e. The van der Waals surface area contributed by atoms with Gasteiger partial charge in [-0.05, 0) is 17.9 Å². The summed E-state index contributed by atoms with van der Waals surface area (Å²) < 4.78 is 0. The molecule has 3 heteroatoms. The van der Waals surface area contributed by atoms with Crippen molar-refractivity contribution in [2.24, 2.45) is 5.41 Å². The molecule has 0 N–H and O–H groups in total. The lowest BCUT2D eigenvalue weighted by Gasteiger charge is -2.23. The van der Waals surface area contributed by atoms with E-state index in [0.717, 1.165) is 18.7 Å². The van der Waals surface area contributed by atoms with Gasteiger partial charge in [0.2, 0.25) is 0 Å². The van der Waals surface area contributed by atoms with E-state index in [1.54, 1.807) is 0 Å². The fraction of sp³-hybridized carbons (Fsp3) is 0.583. The van der Waals surface area contributed by atoms with E-state index < -0.39 is 0 Å². The van der Waals surface area contributed by atoms with Crippen molar-refractivity contribution in [1.82, 2.24) is 4.98 Å². The largest absolute Gasteiger partial charge is 0.371 e. The summed E-state index contributed by atoms with van der Waals surface area (Å²) in [5, 5.41) is 0. The summed E-state index contributed by atoms with van der Waals surface area (Å²) in [5.74, 6) is 0.542. The van der Waals surface area contributed by atoms with E-state index in [1.807, 2.05) is 12.4 Å². The van der Waals surface area contributed by atoms with Crippen molar-refractivity contribution in [2.75, 3.05) is 18.0 Å². The summed E-state index contributed by atoms with van der Waals surface area (Å²) in [6.07, 6.45) is 4.96. The highest BCUT2D eigenvalue weighted by molar-refractivity contribution is 6.17. The van der Waals surface area contributed by atoms with Gasteiger partial charge in [0.25, 0.3) is 0 Å². The molecule has 1 aliphatic rings. The average molecular weight is 225 g/mol. The standard InChI is InChI=1S/C12H17ClN2/c1-12(2)4-6-15(9-12)11-3-5-14-8-10(11)7-13/h3,5,8H,4,6-7,9H2,1-2H3. The third-order valence-electron chi connectivity index (χ3n) is 3.04. The molecule has 82 valence electrons. The van der Waals surface area contributed by atoms with Crippen molar-refractivity contribution in [3.8, 4) is 0 Å². The Morgan fingerprint density at radius 1 is 1.53 bits per heavy atom. The summed E-state index contributed by atoms with van der Waals surface area (Å²) in [7, 11) is 0. The summed E-state index contributed by atoms with van der Waals surface area (Å²) in [5.41, 5.74) is 2.81. The molecule has 1 fully saturated rings. The van der Waals surface area contributed by atoms with Crippen LogP contribution in [0.4, 0.5) is 5.69 Å². The van der Waals surface area contributed by atoms with Crippen LogP contribution in [0.15, 0.2) is 18.5 Å². The molecule has 0 unspecified atom stereocenters. The van der Waals surface area contributed by atoms with E-state index in [4.69, 9.17) is 11.6 Å². The molecule has 0 aliphatic carbocycles. The molecular weight excluding hydrogens is 208 g/mol. The predicted octanol–water partition coefficient (Wildman–Crippen LogP) is 3.06. The molecule has 0 aromatic carbocycles. The smallest absolute Gasteiger partial charge is 0.0509 e. The fourth-order valence-electron chi connectivity index (χ4n) is 2.15. The lowest BCUT2D eigenvalue weighted by molar-refractivity contribution is 0.418. The second-order valence-corrected chi connectivity index (χ2v) is 5.24. The Kier molecular flexibility index (Phi) is 2.87. The van der Waals surface area contributed by atoms with Crippen LogP contribution in [0, 0.1) is 5.41 Å². The van der Waals surface area contributed by atoms with Crippen LogP contribution in [0.5, 0.6) is 0 Å². The average Bonchev–Trinajstić information content (AvgIpc) is 2.59. The van der Waals surface area contributed by atoms with E-state index in [2.05, 4.69) is 29.8 Å². The number of halogens is 1. The normalized spacial score (nSPS) is 19.5. The first-order valence-corrected chi connectivity index (χ1v) is 5.90. The second kappa shape index (κ2) is 4.01. The summed E-state index contributed by atoms with van der Waals surface area (Å²) in [6, 6.07) is 2.07. The quantitative estimate of drug-likeness (QED) is 0.718. The number of alkyl halides is 1. The van der Waals surface area contributed by atoms with Gasteiger partial charge in [0.05, 0.1) is 5.88 Å². The minimum absolute atomic E-state index is 0.423. The lowest BCUT2D eigenvalue weighted by atomic mass is 9.93. The highest BCUT2D eigenvalue weighted by atomic mass is 35.5. The van der Waals surface area contributed by atoms with Crippen LogP contribution >= 0.6 is 11.6 Å². The Balaban J connectivity index is 2.23. The maximum atomic E-state index is 5.91. The van der Waals surface area contributed by atoms with Crippen LogP contribution in [0.1, 0.15) is 25.8 Å². The van der Waals surface area contributed by atoms with Crippen molar-refractivity contribution in [2.45, 2.75) is 26.1 Å². The Hall–Kier alpha value is -0.760. The van der Waals surface area contributed by atoms with E-state index in [-0.39, 0.29) is 0 Å². The molecule has 0 atom stereocenters. The first-order chi connectivity index (χ1) is 7.12. The van der Waals surface area contributed by atoms with Gasteiger partial charge in [-0.15, -0.1) is 11.6 Å². The first-order valence-electron chi connectivity index (χ1n) is 5.36. The molecule has 0 radical (unpaired) electrons. The third kappa shape index (κ3) is 2.25. The summed E-state index contributed by atoms with van der Waals surface area (Å²) in [6.45, 7) is 6.87. The third-order valence-corrected chi connectivity index (χ3v) is 3.33. The first kappa shape index (κ1) is 10.7. The van der Waals surface area contributed by atoms with E-state index >= 15 is 0 Å². The maximum Gasteiger partial charge on any atom is 0.0509 e. The zero-order chi connectivity index (χ0) is 10.9. The van der Waals surface area contributed by atoms with E-state index in [0.29, 0.717) is 11.3 Å². The van der Waals surface area contributed by atoms with Crippen LogP contribution < -0.4 is 4.90 Å². The van der Waals surface area contributed by atoms with Crippen molar-refractivity contribution in [3.05, 3.63) is 24.0 Å². The number of anilines is 1. The predicted molar refractivity (Wildman–Crippen MR) is 64.4 cm³/mol. The number of aromatic nitrogens is 1. The zero-order valence-electron chi connectivity index (χ0n) is 9.33. The van der Waals surface area contributed by atoms with Gasteiger partial charge >= 0.3 is 0 Å². The molecule has 0 amide bonds. The monoisotopic (exact) mass is 224 g/mol. The Bertz CT molecular complexity index is 349. The highest BCUT2D eigenvalue weighted by Gasteiger charge is 2.29. The molecule has 2 heterocycles. The topological polar surface area (TPSA) is 16.1 Å². The molecule has 0 saturated carbocycles. The molecular formula is C12H17ClN2. The minimum atomic E-state index is 0.423. The molecule has 1 aliphatic heterocycles. The van der Waals surface area contributed by atoms with Crippen LogP contribution in [0.2, 0.25) is 0 Å². The van der Waals surface area contributed by atoms with Crippen LogP contribution in [0.3, 0.4) is 0 Å². The van der Waals surface area contributed by atoms with Crippen LogP contribution in [-0.4, -0.2) is 18.1 Å². The van der Waals surface area contributed by atoms with Crippen molar-refractivity contribution in [3.63, 3.8) is 0 Å².